The first-order valence-corrected chi connectivity index (χ1v) is 6.04. The standard InChI is InChI=1S/C11H13NO.C3H6O2/c13-7-3-4-9-8-12-11-6-2-1-5-10(9)11;1-2-5-3-4/h1-2,5-6,8,12-13H,3-4,7H2;3H,2H2,1H3. The second-order valence-corrected chi connectivity index (χ2v) is 3.74. The highest BCUT2D eigenvalue weighted by atomic mass is 16.5. The van der Waals surface area contributed by atoms with Gasteiger partial charge in [0.25, 0.3) is 6.47 Å². The van der Waals surface area contributed by atoms with Gasteiger partial charge in [0.1, 0.15) is 0 Å². The Kier molecular flexibility index (Phi) is 6.58. The Balaban J connectivity index is 0.000000280. The second-order valence-electron chi connectivity index (χ2n) is 3.74. The lowest BCUT2D eigenvalue weighted by Gasteiger charge is -1.95. The van der Waals surface area contributed by atoms with Gasteiger partial charge < -0.3 is 14.8 Å². The van der Waals surface area contributed by atoms with Gasteiger partial charge in [0.15, 0.2) is 0 Å². The van der Waals surface area contributed by atoms with Crippen LogP contribution in [-0.2, 0) is 16.0 Å². The number of nitrogens with one attached hydrogen (secondary N) is 1. The molecule has 0 radical (unpaired) electrons. The third-order valence-electron chi connectivity index (χ3n) is 2.51. The lowest BCUT2D eigenvalue weighted by molar-refractivity contribution is -0.128. The topological polar surface area (TPSA) is 62.3 Å². The Morgan fingerprint density at radius 1 is 1.39 bits per heavy atom. The molecule has 1 aromatic heterocycles. The van der Waals surface area contributed by atoms with Crippen molar-refractivity contribution in [1.29, 1.82) is 0 Å². The van der Waals surface area contributed by atoms with Crippen LogP contribution in [0.3, 0.4) is 0 Å². The zero-order valence-corrected chi connectivity index (χ0v) is 10.6. The summed E-state index contributed by atoms with van der Waals surface area (Å²) in [6, 6.07) is 8.24. The fraction of sp³-hybridized carbons (Fsp3) is 0.357. The summed E-state index contributed by atoms with van der Waals surface area (Å²) in [5, 5.41) is 10.0. The third kappa shape index (κ3) is 4.22. The molecule has 0 saturated carbocycles. The number of aromatic nitrogens is 1. The van der Waals surface area contributed by atoms with Gasteiger partial charge >= 0.3 is 0 Å². The first kappa shape index (κ1) is 14.3. The van der Waals surface area contributed by atoms with Crippen LogP contribution in [0.1, 0.15) is 18.9 Å². The van der Waals surface area contributed by atoms with Crippen molar-refractivity contribution >= 4 is 17.4 Å². The number of aryl methyl sites for hydroxylation is 1. The van der Waals surface area contributed by atoms with Gasteiger partial charge in [-0.2, -0.15) is 0 Å². The van der Waals surface area contributed by atoms with E-state index in [2.05, 4.69) is 21.9 Å². The van der Waals surface area contributed by atoms with Crippen molar-refractivity contribution in [1.82, 2.24) is 4.98 Å². The Hall–Kier alpha value is -1.81. The van der Waals surface area contributed by atoms with Crippen LogP contribution in [0.4, 0.5) is 0 Å². The molecule has 0 aliphatic carbocycles. The molecule has 1 aromatic carbocycles. The van der Waals surface area contributed by atoms with E-state index in [-0.39, 0.29) is 6.61 Å². The quantitative estimate of drug-likeness (QED) is 0.799. The number of para-hydroxylation sites is 1. The fourth-order valence-electron chi connectivity index (χ4n) is 1.68. The molecule has 1 heterocycles. The smallest absolute Gasteiger partial charge is 0.293 e. The molecule has 4 heteroatoms. The number of aliphatic hydroxyl groups excluding tert-OH is 1. The van der Waals surface area contributed by atoms with E-state index < -0.39 is 0 Å². The van der Waals surface area contributed by atoms with Gasteiger partial charge in [-0.1, -0.05) is 18.2 Å². The lowest BCUT2D eigenvalue weighted by Crippen LogP contribution is -1.87. The maximum Gasteiger partial charge on any atom is 0.293 e. The molecular weight excluding hydrogens is 230 g/mol. The average Bonchev–Trinajstić information content (AvgIpc) is 2.81. The predicted molar refractivity (Wildman–Crippen MR) is 71.4 cm³/mol. The van der Waals surface area contributed by atoms with Gasteiger partial charge in [-0.15, -0.1) is 0 Å². The summed E-state index contributed by atoms with van der Waals surface area (Å²) in [5.74, 6) is 0. The molecule has 98 valence electrons. The summed E-state index contributed by atoms with van der Waals surface area (Å²) in [4.78, 5) is 12.4. The van der Waals surface area contributed by atoms with Gasteiger partial charge in [-0.3, -0.25) is 4.79 Å². The maximum absolute atomic E-state index is 9.18. The predicted octanol–water partition coefficient (Wildman–Crippen LogP) is 2.27. The number of hydrogen-bond acceptors (Lipinski definition) is 3. The summed E-state index contributed by atoms with van der Waals surface area (Å²) in [7, 11) is 0. The number of aromatic amines is 1. The molecule has 2 rings (SSSR count). The number of fused-ring (bicyclic) bond motifs is 1. The molecule has 0 bridgehead atoms. The van der Waals surface area contributed by atoms with E-state index in [1.165, 1.54) is 16.5 Å². The molecule has 0 spiro atoms. The SMILES string of the molecule is CCOC=O.OCCCc1c[nH]c2ccccc12. The largest absolute Gasteiger partial charge is 0.468 e. The van der Waals surface area contributed by atoms with Gasteiger partial charge in [0.05, 0.1) is 6.61 Å². The van der Waals surface area contributed by atoms with Crippen LogP contribution in [-0.4, -0.2) is 29.8 Å². The fourth-order valence-corrected chi connectivity index (χ4v) is 1.68. The molecule has 0 aliphatic heterocycles. The minimum Gasteiger partial charge on any atom is -0.468 e. The molecule has 0 saturated heterocycles. The van der Waals surface area contributed by atoms with E-state index in [0.717, 1.165) is 12.8 Å². The van der Waals surface area contributed by atoms with Crippen LogP contribution in [0.5, 0.6) is 0 Å². The van der Waals surface area contributed by atoms with E-state index in [4.69, 9.17) is 5.11 Å². The first-order chi connectivity index (χ1) is 8.83. The number of aliphatic hydroxyl groups is 1. The molecule has 2 N–H and O–H groups in total. The monoisotopic (exact) mass is 249 g/mol. The number of ether oxygens (including phenoxy) is 1. The Labute approximate surface area is 107 Å². The van der Waals surface area contributed by atoms with Crippen LogP contribution in [0, 0.1) is 0 Å². The first-order valence-electron chi connectivity index (χ1n) is 6.04. The highest BCUT2D eigenvalue weighted by Gasteiger charge is 2.00. The van der Waals surface area contributed by atoms with Crippen molar-refractivity contribution in [2.75, 3.05) is 13.2 Å². The van der Waals surface area contributed by atoms with Crippen LogP contribution in [0.25, 0.3) is 10.9 Å². The zero-order valence-electron chi connectivity index (χ0n) is 10.6. The molecule has 4 nitrogen and oxygen atoms in total. The lowest BCUT2D eigenvalue weighted by atomic mass is 10.1. The van der Waals surface area contributed by atoms with E-state index in [1.807, 2.05) is 18.3 Å². The number of H-pyrrole nitrogens is 1. The summed E-state index contributed by atoms with van der Waals surface area (Å²) in [5.41, 5.74) is 2.47. The van der Waals surface area contributed by atoms with Gasteiger partial charge in [0.2, 0.25) is 0 Å². The summed E-state index contributed by atoms with van der Waals surface area (Å²) in [6.45, 7) is 2.93. The molecular formula is C14H19NO3. The maximum atomic E-state index is 9.18. The van der Waals surface area contributed by atoms with Gasteiger partial charge in [-0.25, -0.2) is 0 Å². The summed E-state index contributed by atoms with van der Waals surface area (Å²) >= 11 is 0. The average molecular weight is 249 g/mol. The molecule has 0 unspecified atom stereocenters. The van der Waals surface area contributed by atoms with Crippen LogP contribution < -0.4 is 0 Å². The van der Waals surface area contributed by atoms with E-state index in [9.17, 15) is 4.79 Å². The van der Waals surface area contributed by atoms with Crippen molar-refractivity contribution in [2.45, 2.75) is 19.8 Å². The number of hydrogen-bond donors (Lipinski definition) is 2. The highest BCUT2D eigenvalue weighted by molar-refractivity contribution is 5.82. The minimum atomic E-state index is 0.263. The van der Waals surface area contributed by atoms with Crippen molar-refractivity contribution in [3.05, 3.63) is 36.0 Å². The number of rotatable bonds is 5. The van der Waals surface area contributed by atoms with E-state index in [0.29, 0.717) is 13.1 Å². The minimum absolute atomic E-state index is 0.263. The summed E-state index contributed by atoms with van der Waals surface area (Å²) in [6.07, 6.45) is 3.81. The normalized spacial score (nSPS) is 9.67. The highest BCUT2D eigenvalue weighted by Crippen LogP contribution is 2.18. The number of carbonyl (C=O) groups is 1. The Bertz CT molecular complexity index is 465. The molecule has 0 atom stereocenters. The Morgan fingerprint density at radius 2 is 2.17 bits per heavy atom. The van der Waals surface area contributed by atoms with Gasteiger partial charge in [0, 0.05) is 23.7 Å². The van der Waals surface area contributed by atoms with Crippen LogP contribution in [0.2, 0.25) is 0 Å². The second kappa shape index (κ2) is 8.31. The van der Waals surface area contributed by atoms with Gasteiger partial charge in [-0.05, 0) is 31.4 Å². The molecule has 18 heavy (non-hydrogen) atoms. The zero-order chi connectivity index (χ0) is 13.2. The van der Waals surface area contributed by atoms with E-state index >= 15 is 0 Å². The van der Waals surface area contributed by atoms with Crippen molar-refractivity contribution < 1.29 is 14.6 Å². The molecule has 2 aromatic rings. The third-order valence-corrected chi connectivity index (χ3v) is 2.51. The van der Waals surface area contributed by atoms with Crippen LogP contribution >= 0.6 is 0 Å². The van der Waals surface area contributed by atoms with Crippen molar-refractivity contribution in [3.8, 4) is 0 Å². The molecule has 0 amide bonds. The van der Waals surface area contributed by atoms with Crippen LogP contribution in [0.15, 0.2) is 30.5 Å². The molecule has 0 aliphatic rings. The number of carbonyl (C=O) groups excluding carboxylic acids is 1. The van der Waals surface area contributed by atoms with E-state index in [1.54, 1.807) is 6.92 Å². The number of benzene rings is 1. The van der Waals surface area contributed by atoms with Crippen molar-refractivity contribution in [2.24, 2.45) is 0 Å². The summed E-state index contributed by atoms with van der Waals surface area (Å²) < 4.78 is 4.15. The molecule has 0 fully saturated rings. The Morgan fingerprint density at radius 3 is 2.78 bits per heavy atom. The van der Waals surface area contributed by atoms with Crippen molar-refractivity contribution in [3.63, 3.8) is 0 Å².